The molecule has 0 aliphatic heterocycles. The largest absolute Gasteiger partial charge is 0.435 e. The van der Waals surface area contributed by atoms with E-state index in [1.165, 1.54) is 12.3 Å². The van der Waals surface area contributed by atoms with Crippen LogP contribution in [-0.2, 0) is 6.18 Å². The van der Waals surface area contributed by atoms with E-state index in [0.29, 0.717) is 0 Å². The fourth-order valence-electron chi connectivity index (χ4n) is 1.39. The van der Waals surface area contributed by atoms with Crippen molar-refractivity contribution in [2.75, 3.05) is 0 Å². The summed E-state index contributed by atoms with van der Waals surface area (Å²) in [5.74, 6) is -0.332. The maximum atomic E-state index is 12.4. The maximum Gasteiger partial charge on any atom is 0.435 e. The lowest BCUT2D eigenvalue weighted by atomic mass is 10.2. The number of rotatable bonds is 2. The lowest BCUT2D eigenvalue weighted by molar-refractivity contribution is -0.141. The summed E-state index contributed by atoms with van der Waals surface area (Å²) in [6.45, 7) is 0. The van der Waals surface area contributed by atoms with E-state index in [1.807, 2.05) is 0 Å². The topological polar surface area (TPSA) is 80.6 Å². The Morgan fingerprint density at radius 2 is 2.05 bits per heavy atom. The van der Waals surface area contributed by atoms with Crippen molar-refractivity contribution >= 4 is 17.4 Å². The molecule has 100 valence electrons. The molecule has 2 aromatic heterocycles. The zero-order valence-electron chi connectivity index (χ0n) is 9.24. The molecule has 2 rings (SSSR count). The van der Waals surface area contributed by atoms with Crippen molar-refractivity contribution in [2.24, 2.45) is 5.73 Å². The average molecular weight is 290 g/mol. The highest BCUT2D eigenvalue weighted by atomic mass is 35.5. The quantitative estimate of drug-likeness (QED) is 0.657. The van der Waals surface area contributed by atoms with Crippen LogP contribution in [0.3, 0.4) is 0 Å². The van der Waals surface area contributed by atoms with Crippen LogP contribution in [0.1, 0.15) is 11.3 Å². The first-order valence-corrected chi connectivity index (χ1v) is 5.30. The monoisotopic (exact) mass is 289 g/mol. The van der Waals surface area contributed by atoms with Crippen LogP contribution in [-0.4, -0.2) is 20.6 Å². The van der Waals surface area contributed by atoms with E-state index < -0.39 is 11.9 Å². The van der Waals surface area contributed by atoms with Crippen molar-refractivity contribution in [1.29, 1.82) is 5.41 Å². The number of pyridine rings is 1. The van der Waals surface area contributed by atoms with Gasteiger partial charge in [0.2, 0.25) is 0 Å². The normalized spacial score (nSPS) is 11.6. The number of hydrogen-bond donors (Lipinski definition) is 2. The Balaban J connectivity index is 2.51. The molecule has 0 radical (unpaired) electrons. The number of hydrogen-bond acceptors (Lipinski definition) is 3. The van der Waals surface area contributed by atoms with E-state index >= 15 is 0 Å². The Hall–Kier alpha value is -2.09. The molecule has 3 N–H and O–H groups in total. The second-order valence-corrected chi connectivity index (χ2v) is 3.93. The van der Waals surface area contributed by atoms with E-state index in [1.54, 1.807) is 0 Å². The highest BCUT2D eigenvalue weighted by Crippen LogP contribution is 2.29. The first-order valence-electron chi connectivity index (χ1n) is 4.93. The highest BCUT2D eigenvalue weighted by Gasteiger charge is 2.33. The number of nitrogens with zero attached hydrogens (tertiary/aromatic N) is 3. The predicted molar refractivity (Wildman–Crippen MR) is 62.4 cm³/mol. The van der Waals surface area contributed by atoms with E-state index in [4.69, 9.17) is 22.7 Å². The third kappa shape index (κ3) is 2.53. The smallest absolute Gasteiger partial charge is 0.384 e. The van der Waals surface area contributed by atoms with Gasteiger partial charge in [-0.05, 0) is 12.1 Å². The molecule has 0 saturated heterocycles. The third-order valence-electron chi connectivity index (χ3n) is 2.26. The summed E-state index contributed by atoms with van der Waals surface area (Å²) in [6.07, 6.45) is -2.18. The van der Waals surface area contributed by atoms with E-state index in [2.05, 4.69) is 10.1 Å². The van der Waals surface area contributed by atoms with Crippen LogP contribution in [0, 0.1) is 5.41 Å². The zero-order chi connectivity index (χ0) is 14.2. The Kier molecular flexibility index (Phi) is 3.19. The predicted octanol–water partition coefficient (Wildman–Crippen LogP) is 2.22. The zero-order valence-corrected chi connectivity index (χ0v) is 10.00. The number of aromatic nitrogens is 3. The van der Waals surface area contributed by atoms with Gasteiger partial charge in [-0.25, -0.2) is 9.67 Å². The lowest BCUT2D eigenvalue weighted by Crippen LogP contribution is -2.14. The van der Waals surface area contributed by atoms with Gasteiger partial charge in [0, 0.05) is 18.0 Å². The van der Waals surface area contributed by atoms with Crippen molar-refractivity contribution in [2.45, 2.75) is 6.18 Å². The van der Waals surface area contributed by atoms with Gasteiger partial charge in [0.05, 0.1) is 5.02 Å². The molecule has 0 unspecified atom stereocenters. The first-order chi connectivity index (χ1) is 8.80. The van der Waals surface area contributed by atoms with Gasteiger partial charge < -0.3 is 5.73 Å². The number of nitrogen functional groups attached to an aromatic ring is 1. The molecule has 0 bridgehead atoms. The molecule has 0 spiro atoms. The van der Waals surface area contributed by atoms with Gasteiger partial charge in [-0.1, -0.05) is 11.6 Å². The molecule has 2 heterocycles. The lowest BCUT2D eigenvalue weighted by Gasteiger charge is -2.07. The molecule has 0 fully saturated rings. The standard InChI is InChI=1S/C10H7ClF3N5/c11-7-5(8(15)16)1-3-17-9(7)19-4-2-6(18-19)10(12,13)14/h1-4H,(H3,15,16). The molecule has 0 aliphatic rings. The van der Waals surface area contributed by atoms with E-state index in [0.717, 1.165) is 16.9 Å². The summed E-state index contributed by atoms with van der Waals surface area (Å²) in [5.41, 5.74) is 4.42. The van der Waals surface area contributed by atoms with E-state index in [-0.39, 0.29) is 22.2 Å². The van der Waals surface area contributed by atoms with Crippen molar-refractivity contribution < 1.29 is 13.2 Å². The fourth-order valence-corrected chi connectivity index (χ4v) is 1.69. The third-order valence-corrected chi connectivity index (χ3v) is 2.63. The Bertz CT molecular complexity index is 634. The average Bonchev–Trinajstić information content (AvgIpc) is 2.77. The number of amidine groups is 1. The molecule has 9 heteroatoms. The SMILES string of the molecule is N=C(N)c1ccnc(-n2ccc(C(F)(F)F)n2)c1Cl. The van der Waals surface area contributed by atoms with Crippen LogP contribution < -0.4 is 5.73 Å². The molecule has 0 saturated carbocycles. The van der Waals surface area contributed by atoms with Crippen molar-refractivity contribution in [3.8, 4) is 5.82 Å². The second kappa shape index (κ2) is 4.54. The van der Waals surface area contributed by atoms with Gasteiger partial charge >= 0.3 is 6.18 Å². The van der Waals surface area contributed by atoms with Gasteiger partial charge in [-0.2, -0.15) is 18.3 Å². The van der Waals surface area contributed by atoms with Crippen LogP contribution in [0.2, 0.25) is 5.02 Å². The summed E-state index contributed by atoms with van der Waals surface area (Å²) in [4.78, 5) is 3.84. The molecule has 19 heavy (non-hydrogen) atoms. The molecular formula is C10H7ClF3N5. The minimum atomic E-state index is -4.55. The molecule has 0 aromatic carbocycles. The summed E-state index contributed by atoms with van der Waals surface area (Å²) < 4.78 is 38.2. The van der Waals surface area contributed by atoms with Gasteiger partial charge in [-0.3, -0.25) is 5.41 Å². The summed E-state index contributed by atoms with van der Waals surface area (Å²) in [7, 11) is 0. The molecule has 0 aliphatic carbocycles. The molecule has 2 aromatic rings. The van der Waals surface area contributed by atoms with Crippen molar-refractivity contribution in [1.82, 2.24) is 14.8 Å². The minimum Gasteiger partial charge on any atom is -0.384 e. The molecule has 0 atom stereocenters. The molecule has 0 amide bonds. The van der Waals surface area contributed by atoms with Crippen molar-refractivity contribution in [3.05, 3.63) is 40.8 Å². The first kappa shape index (κ1) is 13.3. The Morgan fingerprint density at radius 3 is 2.58 bits per heavy atom. The Morgan fingerprint density at radius 1 is 1.37 bits per heavy atom. The summed E-state index contributed by atoms with van der Waals surface area (Å²) >= 11 is 5.94. The van der Waals surface area contributed by atoms with Crippen LogP contribution in [0.4, 0.5) is 13.2 Å². The van der Waals surface area contributed by atoms with Crippen molar-refractivity contribution in [3.63, 3.8) is 0 Å². The van der Waals surface area contributed by atoms with Crippen LogP contribution >= 0.6 is 11.6 Å². The maximum absolute atomic E-state index is 12.4. The van der Waals surface area contributed by atoms with Crippen LogP contribution in [0.15, 0.2) is 24.5 Å². The van der Waals surface area contributed by atoms with Gasteiger partial charge in [0.15, 0.2) is 11.5 Å². The van der Waals surface area contributed by atoms with Crippen LogP contribution in [0.5, 0.6) is 0 Å². The minimum absolute atomic E-state index is 0.0233. The molecular weight excluding hydrogens is 283 g/mol. The Labute approximate surface area is 110 Å². The number of alkyl halides is 3. The number of nitrogens with two attached hydrogens (primary N) is 1. The van der Waals surface area contributed by atoms with Gasteiger partial charge in [-0.15, -0.1) is 0 Å². The fraction of sp³-hybridized carbons (Fsp3) is 0.100. The van der Waals surface area contributed by atoms with Crippen LogP contribution in [0.25, 0.3) is 5.82 Å². The highest BCUT2D eigenvalue weighted by molar-refractivity contribution is 6.35. The number of nitrogens with one attached hydrogen (secondary N) is 1. The second-order valence-electron chi connectivity index (χ2n) is 3.55. The van der Waals surface area contributed by atoms with E-state index in [9.17, 15) is 13.2 Å². The summed E-state index contributed by atoms with van der Waals surface area (Å²) in [5, 5.41) is 10.6. The van der Waals surface area contributed by atoms with Gasteiger partial charge in [0.25, 0.3) is 0 Å². The molecule has 5 nitrogen and oxygen atoms in total. The number of halogens is 4. The summed E-state index contributed by atoms with van der Waals surface area (Å²) in [6, 6.07) is 2.20. The van der Waals surface area contributed by atoms with Gasteiger partial charge in [0.1, 0.15) is 5.84 Å².